The van der Waals surface area contributed by atoms with Crippen molar-refractivity contribution in [3.05, 3.63) is 17.8 Å². The number of nitrogens with two attached hydrogens (primary N) is 1. The largest absolute Gasteiger partial charge is 0.478 e. The number of hydrogen-bond donors (Lipinski definition) is 2. The Morgan fingerprint density at radius 2 is 2.16 bits per heavy atom. The zero-order chi connectivity index (χ0) is 14.0. The van der Waals surface area contributed by atoms with Crippen LogP contribution >= 0.6 is 0 Å². The van der Waals surface area contributed by atoms with Crippen LogP contribution in [0.5, 0.6) is 0 Å². The molecule has 6 heteroatoms. The summed E-state index contributed by atoms with van der Waals surface area (Å²) in [6, 6.07) is 1.87. The standard InChI is InChI=1S/C13H20N4O2/c1-16-5-3-10(4-6-16)17(2)12-11(14)7-9(8-15-12)13(18)19/h7-8,10H,3-6,14H2,1-2H3,(H,18,19). The average Bonchev–Trinajstić information content (AvgIpc) is 2.38. The van der Waals surface area contributed by atoms with E-state index in [0.717, 1.165) is 25.9 Å². The third-order valence-corrected chi connectivity index (χ3v) is 3.71. The van der Waals surface area contributed by atoms with Gasteiger partial charge in [0.15, 0.2) is 5.82 Å². The molecule has 3 N–H and O–H groups in total. The fourth-order valence-electron chi connectivity index (χ4n) is 2.44. The van der Waals surface area contributed by atoms with E-state index < -0.39 is 5.97 Å². The van der Waals surface area contributed by atoms with Crippen molar-refractivity contribution in [1.82, 2.24) is 9.88 Å². The van der Waals surface area contributed by atoms with Crippen molar-refractivity contribution in [2.24, 2.45) is 0 Å². The minimum Gasteiger partial charge on any atom is -0.478 e. The van der Waals surface area contributed by atoms with E-state index in [-0.39, 0.29) is 5.56 Å². The number of rotatable bonds is 3. The summed E-state index contributed by atoms with van der Waals surface area (Å²) >= 11 is 0. The molecule has 0 bridgehead atoms. The molecule has 104 valence electrons. The van der Waals surface area contributed by atoms with E-state index in [1.165, 1.54) is 12.3 Å². The molecule has 1 aliphatic rings. The Kier molecular flexibility index (Phi) is 3.90. The molecule has 6 nitrogen and oxygen atoms in total. The maximum atomic E-state index is 10.9. The first-order chi connectivity index (χ1) is 8.99. The molecule has 2 heterocycles. The summed E-state index contributed by atoms with van der Waals surface area (Å²) in [5, 5.41) is 8.90. The molecule has 0 amide bonds. The number of carboxylic acids is 1. The smallest absolute Gasteiger partial charge is 0.337 e. The van der Waals surface area contributed by atoms with Crippen LogP contribution in [0.15, 0.2) is 12.3 Å². The number of likely N-dealkylation sites (tertiary alicyclic amines) is 1. The van der Waals surface area contributed by atoms with Crippen molar-refractivity contribution in [3.63, 3.8) is 0 Å². The van der Waals surface area contributed by atoms with E-state index >= 15 is 0 Å². The predicted molar refractivity (Wildman–Crippen MR) is 74.5 cm³/mol. The highest BCUT2D eigenvalue weighted by molar-refractivity contribution is 5.89. The number of piperidine rings is 1. The fourth-order valence-corrected chi connectivity index (χ4v) is 2.44. The Balaban J connectivity index is 2.15. The molecule has 0 atom stereocenters. The number of carbonyl (C=O) groups is 1. The molecular formula is C13H20N4O2. The van der Waals surface area contributed by atoms with Gasteiger partial charge in [0.05, 0.1) is 11.3 Å². The molecule has 0 saturated carbocycles. The van der Waals surface area contributed by atoms with Gasteiger partial charge in [-0.15, -0.1) is 0 Å². The number of nitrogens with zero attached hydrogens (tertiary/aromatic N) is 3. The van der Waals surface area contributed by atoms with E-state index in [4.69, 9.17) is 10.8 Å². The van der Waals surface area contributed by atoms with Crippen LogP contribution < -0.4 is 10.6 Å². The molecule has 1 aromatic rings. The van der Waals surface area contributed by atoms with Gasteiger partial charge < -0.3 is 20.6 Å². The summed E-state index contributed by atoms with van der Waals surface area (Å²) in [6.07, 6.45) is 3.49. The van der Waals surface area contributed by atoms with Gasteiger partial charge in [-0.1, -0.05) is 0 Å². The lowest BCUT2D eigenvalue weighted by atomic mass is 10.0. The van der Waals surface area contributed by atoms with Gasteiger partial charge in [0.1, 0.15) is 0 Å². The van der Waals surface area contributed by atoms with Crippen LogP contribution in [0.25, 0.3) is 0 Å². The van der Waals surface area contributed by atoms with E-state index in [1.54, 1.807) is 0 Å². The predicted octanol–water partition coefficient (Wildman–Crippen LogP) is 0.892. The molecule has 0 aromatic carbocycles. The minimum atomic E-state index is -1.01. The van der Waals surface area contributed by atoms with Gasteiger partial charge in [0, 0.05) is 19.3 Å². The second-order valence-electron chi connectivity index (χ2n) is 5.09. The first-order valence-electron chi connectivity index (χ1n) is 6.39. The van der Waals surface area contributed by atoms with Gasteiger partial charge >= 0.3 is 5.97 Å². The lowest BCUT2D eigenvalue weighted by molar-refractivity contribution is 0.0696. The summed E-state index contributed by atoms with van der Waals surface area (Å²) in [7, 11) is 4.08. The number of nitrogen functional groups attached to an aromatic ring is 1. The molecule has 1 saturated heterocycles. The van der Waals surface area contributed by atoms with Crippen LogP contribution in [-0.2, 0) is 0 Å². The third-order valence-electron chi connectivity index (χ3n) is 3.71. The van der Waals surface area contributed by atoms with Crippen LogP contribution in [0.1, 0.15) is 23.2 Å². The molecular weight excluding hydrogens is 244 g/mol. The maximum absolute atomic E-state index is 10.9. The lowest BCUT2D eigenvalue weighted by Crippen LogP contribution is -2.42. The third kappa shape index (κ3) is 2.96. The number of carboxylic acid groups (broad SMARTS) is 1. The summed E-state index contributed by atoms with van der Waals surface area (Å²) in [6.45, 7) is 2.12. The highest BCUT2D eigenvalue weighted by Gasteiger charge is 2.23. The summed E-state index contributed by atoms with van der Waals surface area (Å²) in [5.74, 6) is -0.341. The molecule has 1 aliphatic heterocycles. The van der Waals surface area contributed by atoms with Gasteiger partial charge in [0.2, 0.25) is 0 Å². The van der Waals surface area contributed by atoms with Crippen molar-refractivity contribution < 1.29 is 9.90 Å². The Hall–Kier alpha value is -1.82. The number of pyridine rings is 1. The zero-order valence-corrected chi connectivity index (χ0v) is 11.3. The van der Waals surface area contributed by atoms with E-state index in [1.807, 2.05) is 7.05 Å². The minimum absolute atomic E-state index is 0.123. The Morgan fingerprint density at radius 3 is 2.68 bits per heavy atom. The molecule has 0 aliphatic carbocycles. The molecule has 2 rings (SSSR count). The lowest BCUT2D eigenvalue weighted by Gasteiger charge is -2.36. The van der Waals surface area contributed by atoms with E-state index in [2.05, 4.69) is 21.8 Å². The average molecular weight is 264 g/mol. The molecule has 0 radical (unpaired) electrons. The summed E-state index contributed by atoms with van der Waals surface area (Å²) in [4.78, 5) is 19.4. The topological polar surface area (TPSA) is 82.7 Å². The Morgan fingerprint density at radius 1 is 1.53 bits per heavy atom. The van der Waals surface area contributed by atoms with Crippen molar-refractivity contribution in [1.29, 1.82) is 0 Å². The number of hydrogen-bond acceptors (Lipinski definition) is 5. The van der Waals surface area contributed by atoms with Crippen molar-refractivity contribution in [2.75, 3.05) is 37.8 Å². The fraction of sp³-hybridized carbons (Fsp3) is 0.538. The Bertz CT molecular complexity index is 470. The number of aromatic carboxylic acids is 1. The van der Waals surface area contributed by atoms with Crippen LogP contribution in [0, 0.1) is 0 Å². The van der Waals surface area contributed by atoms with Gasteiger partial charge in [0.25, 0.3) is 0 Å². The summed E-state index contributed by atoms with van der Waals surface area (Å²) < 4.78 is 0. The highest BCUT2D eigenvalue weighted by Crippen LogP contribution is 2.25. The van der Waals surface area contributed by atoms with Crippen LogP contribution in [0.4, 0.5) is 11.5 Å². The second-order valence-corrected chi connectivity index (χ2v) is 5.09. The Labute approximate surface area is 112 Å². The van der Waals surface area contributed by atoms with Gasteiger partial charge in [-0.3, -0.25) is 0 Å². The van der Waals surface area contributed by atoms with Crippen LogP contribution in [0.2, 0.25) is 0 Å². The molecule has 1 aromatic heterocycles. The first kappa shape index (κ1) is 13.6. The molecule has 19 heavy (non-hydrogen) atoms. The molecule has 0 spiro atoms. The van der Waals surface area contributed by atoms with Crippen molar-refractivity contribution >= 4 is 17.5 Å². The molecule has 0 unspecified atom stereocenters. The number of aromatic nitrogens is 1. The SMILES string of the molecule is CN1CCC(N(C)c2ncc(C(=O)O)cc2N)CC1. The first-order valence-corrected chi connectivity index (χ1v) is 6.39. The van der Waals surface area contributed by atoms with Gasteiger partial charge in [-0.25, -0.2) is 9.78 Å². The quantitative estimate of drug-likeness (QED) is 0.843. The molecule has 1 fully saturated rings. The van der Waals surface area contributed by atoms with E-state index in [0.29, 0.717) is 17.5 Å². The van der Waals surface area contributed by atoms with Crippen LogP contribution in [-0.4, -0.2) is 54.2 Å². The van der Waals surface area contributed by atoms with Crippen molar-refractivity contribution in [3.8, 4) is 0 Å². The second kappa shape index (κ2) is 5.44. The normalized spacial score (nSPS) is 17.4. The van der Waals surface area contributed by atoms with E-state index in [9.17, 15) is 4.79 Å². The highest BCUT2D eigenvalue weighted by atomic mass is 16.4. The monoisotopic (exact) mass is 264 g/mol. The van der Waals surface area contributed by atoms with Crippen molar-refractivity contribution in [2.45, 2.75) is 18.9 Å². The number of anilines is 2. The van der Waals surface area contributed by atoms with Crippen LogP contribution in [0.3, 0.4) is 0 Å². The summed E-state index contributed by atoms with van der Waals surface area (Å²) in [5.41, 5.74) is 6.46. The van der Waals surface area contributed by atoms with Gasteiger partial charge in [-0.2, -0.15) is 0 Å². The zero-order valence-electron chi connectivity index (χ0n) is 11.3. The maximum Gasteiger partial charge on any atom is 0.337 e. The van der Waals surface area contributed by atoms with Gasteiger partial charge in [-0.05, 0) is 39.0 Å².